The fourth-order valence-corrected chi connectivity index (χ4v) is 5.62. The third-order valence-corrected chi connectivity index (χ3v) is 7.54. The number of aromatic nitrogens is 2. The molecule has 41 heavy (non-hydrogen) atoms. The summed E-state index contributed by atoms with van der Waals surface area (Å²) < 4.78 is 0. The topological polar surface area (TPSA) is 68.7 Å². The van der Waals surface area contributed by atoms with Gasteiger partial charge in [-0.25, -0.2) is 9.97 Å². The van der Waals surface area contributed by atoms with Crippen molar-refractivity contribution in [2.45, 2.75) is 19.9 Å². The van der Waals surface area contributed by atoms with Gasteiger partial charge in [-0.15, -0.1) is 0 Å². The molecule has 0 aliphatic carbocycles. The molecule has 3 aromatic carbocycles. The van der Waals surface area contributed by atoms with Crippen LogP contribution in [0.2, 0.25) is 10.0 Å². The number of aliphatic imine (C=N–C) groups is 1. The van der Waals surface area contributed by atoms with E-state index in [1.807, 2.05) is 19.9 Å². The van der Waals surface area contributed by atoms with Gasteiger partial charge in [0.05, 0.1) is 16.8 Å². The average molecular weight is 605 g/mol. The normalized spacial score (nSPS) is 14.3. The second kappa shape index (κ2) is 13.4. The zero-order valence-corrected chi connectivity index (χ0v) is 25.2. The zero-order valence-electron chi connectivity index (χ0n) is 22.9. The van der Waals surface area contributed by atoms with Gasteiger partial charge in [-0.3, -0.25) is 10.2 Å². The summed E-state index contributed by atoms with van der Waals surface area (Å²) >= 11 is 18.0. The van der Waals surface area contributed by atoms with E-state index in [0.717, 1.165) is 37.6 Å². The molecule has 5 rings (SSSR count). The molecule has 1 saturated heterocycles. The van der Waals surface area contributed by atoms with E-state index in [4.69, 9.17) is 40.4 Å². The molecule has 0 atom stereocenters. The Labute approximate surface area is 256 Å². The predicted molar refractivity (Wildman–Crippen MR) is 173 cm³/mol. The van der Waals surface area contributed by atoms with E-state index in [0.29, 0.717) is 27.6 Å². The Bertz CT molecular complexity index is 1460. The van der Waals surface area contributed by atoms with Crippen molar-refractivity contribution in [3.8, 4) is 0 Å². The van der Waals surface area contributed by atoms with Crippen molar-refractivity contribution in [3.63, 3.8) is 0 Å². The Balaban J connectivity index is 1.38. The van der Waals surface area contributed by atoms with Crippen molar-refractivity contribution in [3.05, 3.63) is 117 Å². The van der Waals surface area contributed by atoms with Crippen molar-refractivity contribution in [2.24, 2.45) is 4.99 Å². The molecule has 0 spiro atoms. The first kappa shape index (κ1) is 29.0. The minimum atomic E-state index is 0.158. The van der Waals surface area contributed by atoms with Crippen LogP contribution in [0.3, 0.4) is 0 Å². The number of hydrogen-bond donors (Lipinski definition) is 2. The molecular weight excluding hydrogens is 573 g/mol. The minimum Gasteiger partial charge on any atom is -0.340 e. The number of thiocarbonyl (C=S) groups is 1. The van der Waals surface area contributed by atoms with Crippen molar-refractivity contribution in [1.29, 1.82) is 0 Å². The maximum absolute atomic E-state index is 6.36. The van der Waals surface area contributed by atoms with Crippen molar-refractivity contribution in [2.75, 3.05) is 36.8 Å². The maximum atomic E-state index is 6.36. The van der Waals surface area contributed by atoms with Crippen LogP contribution in [-0.2, 0) is 0 Å². The Morgan fingerprint density at radius 3 is 1.95 bits per heavy atom. The van der Waals surface area contributed by atoms with Gasteiger partial charge in [-0.05, 0) is 61.5 Å². The van der Waals surface area contributed by atoms with Gasteiger partial charge in [-0.2, -0.15) is 4.99 Å². The molecule has 1 aliphatic rings. The van der Waals surface area contributed by atoms with E-state index in [2.05, 4.69) is 91.1 Å². The summed E-state index contributed by atoms with van der Waals surface area (Å²) in [6, 6.07) is 28.6. The highest BCUT2D eigenvalue weighted by Crippen LogP contribution is 2.30. The van der Waals surface area contributed by atoms with Crippen molar-refractivity contribution in [1.82, 2.24) is 19.8 Å². The monoisotopic (exact) mass is 603 g/mol. The van der Waals surface area contributed by atoms with Crippen LogP contribution in [0, 0.1) is 13.8 Å². The lowest BCUT2D eigenvalue weighted by atomic mass is 9.96. The third kappa shape index (κ3) is 7.59. The molecule has 2 N–H and O–H groups in total. The van der Waals surface area contributed by atoms with Crippen LogP contribution in [0.5, 0.6) is 0 Å². The van der Waals surface area contributed by atoms with E-state index in [1.54, 1.807) is 18.2 Å². The molecular formula is C31H31Cl2N7S. The van der Waals surface area contributed by atoms with Crippen LogP contribution in [0.15, 0.2) is 89.9 Å². The van der Waals surface area contributed by atoms with Crippen molar-refractivity contribution >= 4 is 58.1 Å². The highest BCUT2D eigenvalue weighted by Gasteiger charge is 2.28. The molecule has 10 heteroatoms. The first-order valence-corrected chi connectivity index (χ1v) is 14.5. The fourth-order valence-electron chi connectivity index (χ4n) is 4.97. The molecule has 210 valence electrons. The lowest BCUT2D eigenvalue weighted by molar-refractivity contribution is 0.150. The third-order valence-electron chi connectivity index (χ3n) is 6.80. The molecule has 0 bridgehead atoms. The summed E-state index contributed by atoms with van der Waals surface area (Å²) in [6.07, 6.45) is 0. The first-order valence-electron chi connectivity index (χ1n) is 13.4. The molecule has 1 aromatic heterocycles. The number of guanidine groups is 1. The van der Waals surface area contributed by atoms with Crippen LogP contribution >= 0.6 is 35.4 Å². The smallest absolute Gasteiger partial charge is 0.229 e. The summed E-state index contributed by atoms with van der Waals surface area (Å²) in [4.78, 5) is 18.6. The van der Waals surface area contributed by atoms with Gasteiger partial charge in [-0.1, -0.05) is 83.9 Å². The van der Waals surface area contributed by atoms with Crippen molar-refractivity contribution < 1.29 is 0 Å². The Kier molecular flexibility index (Phi) is 9.46. The number of benzene rings is 3. The van der Waals surface area contributed by atoms with Crippen LogP contribution < -0.4 is 10.6 Å². The molecule has 0 radical (unpaired) electrons. The highest BCUT2D eigenvalue weighted by atomic mass is 35.5. The van der Waals surface area contributed by atoms with Gasteiger partial charge < -0.3 is 10.2 Å². The molecule has 1 fully saturated rings. The van der Waals surface area contributed by atoms with Crippen LogP contribution in [0.25, 0.3) is 0 Å². The number of halogens is 2. The number of anilines is 2. The van der Waals surface area contributed by atoms with E-state index in [1.165, 1.54) is 11.1 Å². The minimum absolute atomic E-state index is 0.158. The lowest BCUT2D eigenvalue weighted by Crippen LogP contribution is -2.52. The lowest BCUT2D eigenvalue weighted by Gasteiger charge is -2.40. The summed E-state index contributed by atoms with van der Waals surface area (Å²) in [5, 5.41) is 7.72. The van der Waals surface area contributed by atoms with E-state index in [-0.39, 0.29) is 11.2 Å². The van der Waals surface area contributed by atoms with Crippen LogP contribution in [0.1, 0.15) is 28.6 Å². The van der Waals surface area contributed by atoms with Gasteiger partial charge >= 0.3 is 0 Å². The largest absolute Gasteiger partial charge is 0.340 e. The molecule has 4 aromatic rings. The van der Waals surface area contributed by atoms with Crippen LogP contribution in [-0.4, -0.2) is 57.0 Å². The number of rotatable bonds is 5. The quantitative estimate of drug-likeness (QED) is 0.145. The summed E-state index contributed by atoms with van der Waals surface area (Å²) in [5.41, 5.74) is 4.91. The number of aryl methyl sites for hydroxylation is 2. The Morgan fingerprint density at radius 1 is 0.805 bits per heavy atom. The molecule has 0 saturated carbocycles. The van der Waals surface area contributed by atoms with E-state index >= 15 is 0 Å². The molecule has 2 heterocycles. The average Bonchev–Trinajstić information content (AvgIpc) is 2.95. The summed E-state index contributed by atoms with van der Waals surface area (Å²) in [6.45, 7) is 7.00. The van der Waals surface area contributed by atoms with E-state index < -0.39 is 0 Å². The number of piperazine rings is 1. The SMILES string of the molecule is Cc1cc(C)nc(N/C(=N/C(=S)Nc2ccc(Cl)cc2Cl)N2CCN(C(c3ccccc3)c3ccccc3)CC2)n1. The number of nitrogens with zero attached hydrogens (tertiary/aromatic N) is 5. The Hall–Kier alpha value is -3.56. The van der Waals surface area contributed by atoms with Gasteiger partial charge in [0.25, 0.3) is 0 Å². The Morgan fingerprint density at radius 2 is 1.39 bits per heavy atom. The van der Waals surface area contributed by atoms with E-state index in [9.17, 15) is 0 Å². The zero-order chi connectivity index (χ0) is 28.8. The van der Waals surface area contributed by atoms with Crippen LogP contribution in [0.4, 0.5) is 11.6 Å². The molecule has 1 aliphatic heterocycles. The standard InChI is InChI=1S/C31H31Cl2N7S/c1-21-19-22(2)35-29(34-21)37-30(38-31(41)36-27-14-13-25(32)20-26(27)33)40-17-15-39(16-18-40)28(23-9-5-3-6-10-23)24-11-7-4-8-12-24/h3-14,19-20,28H,15-18H2,1-2H3,(H2,34,35,36,37,38,41). The molecule has 0 unspecified atom stereocenters. The summed E-state index contributed by atoms with van der Waals surface area (Å²) in [5.74, 6) is 1.05. The van der Waals surface area contributed by atoms with Gasteiger partial charge in [0, 0.05) is 42.6 Å². The molecule has 0 amide bonds. The molecule has 7 nitrogen and oxygen atoms in total. The van der Waals surface area contributed by atoms with Gasteiger partial charge in [0.15, 0.2) is 0 Å². The number of nitrogens with one attached hydrogen (secondary N) is 2. The summed E-state index contributed by atoms with van der Waals surface area (Å²) in [7, 11) is 0. The fraction of sp³-hybridized carbons (Fsp3) is 0.226. The van der Waals surface area contributed by atoms with Gasteiger partial charge in [0.2, 0.25) is 17.0 Å². The highest BCUT2D eigenvalue weighted by molar-refractivity contribution is 7.80. The second-order valence-electron chi connectivity index (χ2n) is 9.84. The first-order chi connectivity index (χ1) is 19.9. The maximum Gasteiger partial charge on any atom is 0.229 e. The number of hydrogen-bond acceptors (Lipinski definition) is 4. The second-order valence-corrected chi connectivity index (χ2v) is 11.1. The predicted octanol–water partition coefficient (Wildman–Crippen LogP) is 6.97. The van der Waals surface area contributed by atoms with Gasteiger partial charge in [0.1, 0.15) is 0 Å².